The van der Waals surface area contributed by atoms with Crippen LogP contribution in [0.1, 0.15) is 31.2 Å². The Labute approximate surface area is 156 Å². The number of anilines is 3. The number of hydrogen-bond donors (Lipinski definition) is 3. The Morgan fingerprint density at radius 3 is 2.44 bits per heavy atom. The van der Waals surface area contributed by atoms with E-state index in [1.807, 2.05) is 0 Å². The van der Waals surface area contributed by atoms with Crippen LogP contribution >= 0.6 is 0 Å². The van der Waals surface area contributed by atoms with Gasteiger partial charge < -0.3 is 20.5 Å². The molecule has 0 radical (unpaired) electrons. The minimum atomic E-state index is -1.11. The number of aliphatic hydroxyl groups excluding tert-OH is 1. The normalized spacial score (nSPS) is 14.7. The van der Waals surface area contributed by atoms with E-state index in [-0.39, 0.29) is 35.0 Å². The van der Waals surface area contributed by atoms with E-state index in [2.05, 4.69) is 10.6 Å². The van der Waals surface area contributed by atoms with Gasteiger partial charge in [-0.15, -0.1) is 0 Å². The van der Waals surface area contributed by atoms with Gasteiger partial charge in [-0.2, -0.15) is 0 Å². The first-order valence-electron chi connectivity index (χ1n) is 8.87. The second-order valence-corrected chi connectivity index (χ2v) is 6.97. The summed E-state index contributed by atoms with van der Waals surface area (Å²) in [5, 5.41) is 15.0. The first kappa shape index (κ1) is 19.4. The molecule has 0 saturated heterocycles. The van der Waals surface area contributed by atoms with E-state index in [4.69, 9.17) is 9.84 Å². The lowest BCUT2D eigenvalue weighted by molar-refractivity contribution is 0.279. The van der Waals surface area contributed by atoms with E-state index in [1.54, 1.807) is 13.0 Å². The Morgan fingerprint density at radius 1 is 1.11 bits per heavy atom. The zero-order chi connectivity index (χ0) is 19.6. The average molecular weight is 380 g/mol. The van der Waals surface area contributed by atoms with Gasteiger partial charge in [-0.3, -0.25) is 0 Å². The molecule has 1 aliphatic carbocycles. The molecule has 3 N–H and O–H groups in total. The summed E-state index contributed by atoms with van der Waals surface area (Å²) in [6.45, 7) is 1.79. The van der Waals surface area contributed by atoms with Crippen molar-refractivity contribution in [1.82, 2.24) is 0 Å². The van der Waals surface area contributed by atoms with E-state index in [9.17, 15) is 13.2 Å². The molecule has 1 aliphatic rings. The van der Waals surface area contributed by atoms with Crippen molar-refractivity contribution in [3.05, 3.63) is 47.3 Å². The van der Waals surface area contributed by atoms with Gasteiger partial charge in [-0.1, -0.05) is 6.07 Å². The van der Waals surface area contributed by atoms with Crippen LogP contribution in [0.2, 0.25) is 0 Å². The summed E-state index contributed by atoms with van der Waals surface area (Å²) in [6, 6.07) is 5.43. The molecule has 146 valence electrons. The lowest BCUT2D eigenvalue weighted by atomic mass is 10.1. The molecule has 0 bridgehead atoms. The van der Waals surface area contributed by atoms with Gasteiger partial charge in [0.1, 0.15) is 22.9 Å². The maximum absolute atomic E-state index is 14.6. The van der Waals surface area contributed by atoms with E-state index in [0.29, 0.717) is 12.8 Å². The van der Waals surface area contributed by atoms with E-state index >= 15 is 0 Å². The SMILES string of the molecule is COc1cc(F)c(F)c(Nc2ccc(C)cc2F)c1NC1(CCCO)CC1. The summed E-state index contributed by atoms with van der Waals surface area (Å²) in [5.41, 5.74) is 0.490. The number of aliphatic hydroxyl groups is 1. The van der Waals surface area contributed by atoms with Gasteiger partial charge in [0, 0.05) is 18.2 Å². The van der Waals surface area contributed by atoms with Gasteiger partial charge in [0.2, 0.25) is 0 Å². The second-order valence-electron chi connectivity index (χ2n) is 6.97. The average Bonchev–Trinajstić information content (AvgIpc) is 3.41. The van der Waals surface area contributed by atoms with Crippen LogP contribution in [-0.4, -0.2) is 24.4 Å². The fraction of sp³-hybridized carbons (Fsp3) is 0.400. The largest absolute Gasteiger partial charge is 0.494 e. The van der Waals surface area contributed by atoms with Gasteiger partial charge in [0.15, 0.2) is 11.6 Å². The zero-order valence-electron chi connectivity index (χ0n) is 15.3. The van der Waals surface area contributed by atoms with Crippen LogP contribution in [0.3, 0.4) is 0 Å². The Kier molecular flexibility index (Phi) is 5.51. The second kappa shape index (κ2) is 7.68. The highest BCUT2D eigenvalue weighted by molar-refractivity contribution is 5.81. The Hall–Kier alpha value is -2.41. The molecule has 2 aromatic rings. The van der Waals surface area contributed by atoms with Crippen molar-refractivity contribution < 1.29 is 23.0 Å². The van der Waals surface area contributed by atoms with Crippen LogP contribution in [-0.2, 0) is 0 Å². The highest BCUT2D eigenvalue weighted by Gasteiger charge is 2.43. The Bertz CT molecular complexity index is 838. The van der Waals surface area contributed by atoms with E-state index in [0.717, 1.165) is 24.5 Å². The Morgan fingerprint density at radius 2 is 1.85 bits per heavy atom. The number of methoxy groups -OCH3 is 1. The molecule has 0 aliphatic heterocycles. The number of nitrogens with one attached hydrogen (secondary N) is 2. The molecule has 0 heterocycles. The summed E-state index contributed by atoms with van der Waals surface area (Å²) >= 11 is 0. The first-order chi connectivity index (χ1) is 12.9. The lowest BCUT2D eigenvalue weighted by Crippen LogP contribution is -2.23. The first-order valence-corrected chi connectivity index (χ1v) is 8.87. The molecule has 1 fully saturated rings. The van der Waals surface area contributed by atoms with Crippen LogP contribution in [0.4, 0.5) is 30.2 Å². The van der Waals surface area contributed by atoms with Crippen molar-refractivity contribution in [3.8, 4) is 5.75 Å². The summed E-state index contributed by atoms with van der Waals surface area (Å²) in [5.74, 6) is -2.65. The fourth-order valence-electron chi connectivity index (χ4n) is 3.13. The molecule has 7 heteroatoms. The molecule has 0 unspecified atom stereocenters. The maximum atomic E-state index is 14.6. The topological polar surface area (TPSA) is 53.5 Å². The minimum absolute atomic E-state index is 0.0374. The van der Waals surface area contributed by atoms with Crippen LogP contribution in [0, 0.1) is 24.4 Å². The van der Waals surface area contributed by atoms with E-state index < -0.39 is 17.5 Å². The van der Waals surface area contributed by atoms with Gasteiger partial charge in [-0.05, 0) is 50.3 Å². The van der Waals surface area contributed by atoms with Crippen molar-refractivity contribution in [2.75, 3.05) is 24.4 Å². The quantitative estimate of drug-likeness (QED) is 0.611. The van der Waals surface area contributed by atoms with Crippen molar-refractivity contribution in [2.45, 2.75) is 38.1 Å². The van der Waals surface area contributed by atoms with Crippen molar-refractivity contribution >= 4 is 17.1 Å². The van der Waals surface area contributed by atoms with Crippen LogP contribution in [0.5, 0.6) is 5.75 Å². The molecular formula is C20H23F3N2O2. The standard InChI is InChI=1S/C20H23F3N2O2/c1-12-4-5-15(13(21)10-12)24-19-17(23)14(22)11-16(27-2)18(19)25-20(7-8-20)6-3-9-26/h4-5,10-11,24-26H,3,6-9H2,1-2H3. The van der Waals surface area contributed by atoms with E-state index in [1.165, 1.54) is 19.2 Å². The predicted octanol–water partition coefficient (Wildman–Crippen LogP) is 4.88. The summed E-state index contributed by atoms with van der Waals surface area (Å²) < 4.78 is 48.2. The van der Waals surface area contributed by atoms with Crippen molar-refractivity contribution in [1.29, 1.82) is 0 Å². The highest BCUT2D eigenvalue weighted by Crippen LogP contribution is 2.48. The van der Waals surface area contributed by atoms with Gasteiger partial charge >= 0.3 is 0 Å². The Balaban J connectivity index is 2.01. The van der Waals surface area contributed by atoms with Crippen LogP contribution in [0.25, 0.3) is 0 Å². The number of ether oxygens (including phenoxy) is 1. The summed E-state index contributed by atoms with van der Waals surface area (Å²) in [4.78, 5) is 0. The molecule has 27 heavy (non-hydrogen) atoms. The molecule has 0 spiro atoms. The van der Waals surface area contributed by atoms with Crippen molar-refractivity contribution in [3.63, 3.8) is 0 Å². The predicted molar refractivity (Wildman–Crippen MR) is 99.2 cm³/mol. The molecule has 2 aromatic carbocycles. The zero-order valence-corrected chi connectivity index (χ0v) is 15.3. The number of halogens is 3. The molecule has 0 aromatic heterocycles. The summed E-state index contributed by atoms with van der Waals surface area (Å²) in [6.07, 6.45) is 2.96. The molecule has 3 rings (SSSR count). The van der Waals surface area contributed by atoms with Gasteiger partial charge in [0.25, 0.3) is 0 Å². The molecule has 0 amide bonds. The van der Waals surface area contributed by atoms with Gasteiger partial charge in [0.05, 0.1) is 12.8 Å². The highest BCUT2D eigenvalue weighted by atomic mass is 19.2. The number of rotatable bonds is 8. The molecule has 1 saturated carbocycles. The fourth-order valence-corrected chi connectivity index (χ4v) is 3.13. The third kappa shape index (κ3) is 4.13. The molecular weight excluding hydrogens is 357 g/mol. The van der Waals surface area contributed by atoms with Crippen LogP contribution in [0.15, 0.2) is 24.3 Å². The number of hydrogen-bond acceptors (Lipinski definition) is 4. The third-order valence-electron chi connectivity index (χ3n) is 4.84. The summed E-state index contributed by atoms with van der Waals surface area (Å²) in [7, 11) is 1.36. The smallest absolute Gasteiger partial charge is 0.184 e. The van der Waals surface area contributed by atoms with Crippen molar-refractivity contribution in [2.24, 2.45) is 0 Å². The number of aryl methyl sites for hydroxylation is 1. The molecule has 4 nitrogen and oxygen atoms in total. The number of benzene rings is 2. The minimum Gasteiger partial charge on any atom is -0.494 e. The van der Waals surface area contributed by atoms with Crippen LogP contribution < -0.4 is 15.4 Å². The van der Waals surface area contributed by atoms with Gasteiger partial charge in [-0.25, -0.2) is 13.2 Å². The molecule has 0 atom stereocenters. The maximum Gasteiger partial charge on any atom is 0.184 e. The monoisotopic (exact) mass is 380 g/mol. The third-order valence-corrected chi connectivity index (χ3v) is 4.84. The lowest BCUT2D eigenvalue weighted by Gasteiger charge is -2.24.